The lowest BCUT2D eigenvalue weighted by Crippen LogP contribution is -2.51. The lowest BCUT2D eigenvalue weighted by molar-refractivity contribution is 0.103. The zero-order valence-electron chi connectivity index (χ0n) is 17.8. The van der Waals surface area contributed by atoms with E-state index in [9.17, 15) is 9.59 Å². The third kappa shape index (κ3) is 6.92. The number of urea groups is 1. The highest BCUT2D eigenvalue weighted by molar-refractivity contribution is 6.08. The molecule has 1 aliphatic heterocycles. The second-order valence-corrected chi connectivity index (χ2v) is 7.19. The molecule has 1 unspecified atom stereocenters. The van der Waals surface area contributed by atoms with E-state index >= 15 is 0 Å². The number of hydrogen-bond acceptors (Lipinski definition) is 5. The molecule has 0 radical (unpaired) electrons. The first-order chi connectivity index (χ1) is 15.2. The first kappa shape index (κ1) is 26.1. The number of hydrogen-bond donors (Lipinski definition) is 2. The molecular weight excluding hydrogens is 463 g/mol. The monoisotopic (exact) mass is 488 g/mol. The molecule has 4 rings (SSSR count). The van der Waals surface area contributed by atoms with Crippen molar-refractivity contribution in [3.63, 3.8) is 0 Å². The van der Waals surface area contributed by atoms with Gasteiger partial charge in [0.05, 0.1) is 6.20 Å². The summed E-state index contributed by atoms with van der Waals surface area (Å²) in [7, 11) is 0. The number of benzene rings is 2. The van der Waals surface area contributed by atoms with Gasteiger partial charge in [-0.15, -0.1) is 24.8 Å². The van der Waals surface area contributed by atoms with Gasteiger partial charge in [-0.25, -0.2) is 4.79 Å². The second-order valence-electron chi connectivity index (χ2n) is 7.19. The van der Waals surface area contributed by atoms with E-state index in [1.165, 1.54) is 0 Å². The highest BCUT2D eigenvalue weighted by Crippen LogP contribution is 2.21. The lowest BCUT2D eigenvalue weighted by atomic mass is 10.0. The summed E-state index contributed by atoms with van der Waals surface area (Å²) in [4.78, 5) is 31.3. The second kappa shape index (κ2) is 12.8. The van der Waals surface area contributed by atoms with Gasteiger partial charge in [0.1, 0.15) is 5.75 Å². The molecule has 1 fully saturated rings. The molecule has 0 spiro atoms. The minimum Gasteiger partial charge on any atom is -0.465 e. The Balaban J connectivity index is 0.00000193. The van der Waals surface area contributed by atoms with E-state index in [0.29, 0.717) is 30.0 Å². The summed E-state index contributed by atoms with van der Waals surface area (Å²) < 4.78 is 6.03. The van der Waals surface area contributed by atoms with Gasteiger partial charge in [-0.3, -0.25) is 15.1 Å². The van der Waals surface area contributed by atoms with Gasteiger partial charge in [0, 0.05) is 49.1 Å². The number of rotatable bonds is 6. The molecule has 0 saturated carbocycles. The number of ether oxygens (including phenoxy) is 1. The van der Waals surface area contributed by atoms with Gasteiger partial charge < -0.3 is 15.0 Å². The molecule has 174 valence electrons. The molecule has 1 saturated heterocycles. The Morgan fingerprint density at radius 1 is 0.909 bits per heavy atom. The summed E-state index contributed by atoms with van der Waals surface area (Å²) in [6.07, 6.45) is 2.54. The number of nitrogens with one attached hydrogen (secondary N) is 2. The van der Waals surface area contributed by atoms with Crippen LogP contribution in [0.15, 0.2) is 79.1 Å². The van der Waals surface area contributed by atoms with E-state index in [2.05, 4.69) is 15.6 Å². The maximum absolute atomic E-state index is 12.8. The minimum atomic E-state index is -0.715. The van der Waals surface area contributed by atoms with Crippen LogP contribution in [0, 0.1) is 0 Å². The predicted octanol–water partition coefficient (Wildman–Crippen LogP) is 3.85. The van der Waals surface area contributed by atoms with Crippen LogP contribution >= 0.6 is 24.8 Å². The van der Waals surface area contributed by atoms with E-state index in [0.717, 1.165) is 18.7 Å². The quantitative estimate of drug-likeness (QED) is 0.406. The zero-order valence-corrected chi connectivity index (χ0v) is 19.5. The predicted molar refractivity (Wildman–Crippen MR) is 131 cm³/mol. The van der Waals surface area contributed by atoms with Crippen molar-refractivity contribution in [2.45, 2.75) is 6.23 Å². The lowest BCUT2D eigenvalue weighted by Gasteiger charge is -2.30. The molecule has 2 aromatic carbocycles. The third-order valence-corrected chi connectivity index (χ3v) is 5.06. The van der Waals surface area contributed by atoms with Crippen LogP contribution in [0.3, 0.4) is 0 Å². The van der Waals surface area contributed by atoms with Crippen LogP contribution in [-0.2, 0) is 0 Å². The van der Waals surface area contributed by atoms with Gasteiger partial charge in [-0.2, -0.15) is 0 Å². The number of nitrogens with zero attached hydrogens (tertiary/aromatic N) is 2. The molecule has 9 heteroatoms. The Morgan fingerprint density at radius 2 is 1.58 bits per heavy atom. The SMILES string of the molecule is Cl.Cl.O=C(c1ccccc1)c1ccc(C(NC(=O)N2CCNCC2)Oc2cccnc2)cc1. The number of amides is 2. The molecule has 3 aromatic rings. The highest BCUT2D eigenvalue weighted by atomic mass is 35.5. The van der Waals surface area contributed by atoms with Gasteiger partial charge >= 0.3 is 6.03 Å². The van der Waals surface area contributed by atoms with Gasteiger partial charge in [0.25, 0.3) is 0 Å². The van der Waals surface area contributed by atoms with Crippen molar-refractivity contribution >= 4 is 36.6 Å². The summed E-state index contributed by atoms with van der Waals surface area (Å²) in [5, 5.41) is 6.19. The minimum absolute atomic E-state index is 0. The molecule has 1 aliphatic rings. The first-order valence-electron chi connectivity index (χ1n) is 10.2. The summed E-state index contributed by atoms with van der Waals surface area (Å²) in [6.45, 7) is 2.79. The zero-order chi connectivity index (χ0) is 21.5. The Morgan fingerprint density at radius 3 is 2.21 bits per heavy atom. The third-order valence-electron chi connectivity index (χ3n) is 5.06. The van der Waals surface area contributed by atoms with Gasteiger partial charge in [0.2, 0.25) is 0 Å². The van der Waals surface area contributed by atoms with E-state index in [-0.39, 0.29) is 36.6 Å². The van der Waals surface area contributed by atoms with Crippen LogP contribution in [0.5, 0.6) is 5.75 Å². The number of halogens is 2. The van der Waals surface area contributed by atoms with Crippen LogP contribution in [0.1, 0.15) is 27.7 Å². The smallest absolute Gasteiger partial charge is 0.320 e. The molecule has 2 N–H and O–H groups in total. The summed E-state index contributed by atoms with van der Waals surface area (Å²) in [5.41, 5.74) is 1.94. The fourth-order valence-electron chi connectivity index (χ4n) is 3.37. The van der Waals surface area contributed by atoms with E-state index in [1.54, 1.807) is 65.8 Å². The number of pyridine rings is 1. The van der Waals surface area contributed by atoms with E-state index in [1.807, 2.05) is 18.2 Å². The Hall–Kier alpha value is -3.13. The summed E-state index contributed by atoms with van der Waals surface area (Å²) in [6, 6.07) is 19.6. The average Bonchev–Trinajstić information content (AvgIpc) is 2.85. The Bertz CT molecular complexity index is 1010. The van der Waals surface area contributed by atoms with Crippen molar-refractivity contribution in [2.75, 3.05) is 26.2 Å². The van der Waals surface area contributed by atoms with Crippen LogP contribution in [-0.4, -0.2) is 47.9 Å². The van der Waals surface area contributed by atoms with Crippen LogP contribution in [0.4, 0.5) is 4.79 Å². The number of carbonyl (C=O) groups excluding carboxylic acids is 2. The molecule has 2 amide bonds. The molecule has 33 heavy (non-hydrogen) atoms. The molecule has 7 nitrogen and oxygen atoms in total. The molecule has 1 atom stereocenters. The molecule has 0 bridgehead atoms. The number of carbonyl (C=O) groups is 2. The number of piperazine rings is 1. The van der Waals surface area contributed by atoms with Crippen LogP contribution in [0.25, 0.3) is 0 Å². The fourth-order valence-corrected chi connectivity index (χ4v) is 3.37. The van der Waals surface area contributed by atoms with Gasteiger partial charge in [-0.1, -0.05) is 54.6 Å². The highest BCUT2D eigenvalue weighted by Gasteiger charge is 2.22. The molecule has 2 heterocycles. The summed E-state index contributed by atoms with van der Waals surface area (Å²) in [5.74, 6) is 0.485. The van der Waals surface area contributed by atoms with Crippen molar-refractivity contribution in [3.05, 3.63) is 95.8 Å². The average molecular weight is 489 g/mol. The summed E-state index contributed by atoms with van der Waals surface area (Å²) >= 11 is 0. The van der Waals surface area contributed by atoms with E-state index < -0.39 is 6.23 Å². The fraction of sp³-hybridized carbons (Fsp3) is 0.208. The first-order valence-corrected chi connectivity index (χ1v) is 10.2. The maximum Gasteiger partial charge on any atom is 0.320 e. The van der Waals surface area contributed by atoms with Crippen molar-refractivity contribution < 1.29 is 14.3 Å². The van der Waals surface area contributed by atoms with Crippen molar-refractivity contribution in [1.82, 2.24) is 20.5 Å². The maximum atomic E-state index is 12.8. The largest absolute Gasteiger partial charge is 0.465 e. The normalized spacial score (nSPS) is 13.6. The van der Waals surface area contributed by atoms with Crippen LogP contribution < -0.4 is 15.4 Å². The Kier molecular flexibility index (Phi) is 10.1. The van der Waals surface area contributed by atoms with Gasteiger partial charge in [0.15, 0.2) is 12.0 Å². The van der Waals surface area contributed by atoms with Crippen molar-refractivity contribution in [3.8, 4) is 5.75 Å². The number of ketones is 1. The van der Waals surface area contributed by atoms with Crippen LogP contribution in [0.2, 0.25) is 0 Å². The van der Waals surface area contributed by atoms with Crippen molar-refractivity contribution in [1.29, 1.82) is 0 Å². The van der Waals surface area contributed by atoms with Gasteiger partial charge in [-0.05, 0) is 12.1 Å². The van der Waals surface area contributed by atoms with E-state index in [4.69, 9.17) is 4.74 Å². The topological polar surface area (TPSA) is 83.6 Å². The molecule has 0 aliphatic carbocycles. The number of aromatic nitrogens is 1. The standard InChI is InChI=1S/C24H24N4O3.2ClH/c29-22(18-5-2-1-3-6-18)19-8-10-20(11-9-19)23(31-21-7-4-12-26-17-21)27-24(30)28-15-13-25-14-16-28;;/h1-12,17,23,25H,13-16H2,(H,27,30);2*1H. The Labute approximate surface area is 205 Å². The molecular formula is C24H26Cl2N4O3. The molecule has 1 aromatic heterocycles. The van der Waals surface area contributed by atoms with Crippen molar-refractivity contribution in [2.24, 2.45) is 0 Å².